The first-order chi connectivity index (χ1) is 7.58. The van der Waals surface area contributed by atoms with E-state index >= 15 is 0 Å². The predicted octanol–water partition coefficient (Wildman–Crippen LogP) is 0.742. The van der Waals surface area contributed by atoms with Gasteiger partial charge in [-0.05, 0) is 18.4 Å². The number of rotatable bonds is 5. The molecule has 1 aromatic heterocycles. The summed E-state index contributed by atoms with van der Waals surface area (Å²) in [5.74, 6) is 0.926. The molecule has 88 valence electrons. The topological polar surface area (TPSA) is 85.1 Å². The van der Waals surface area contributed by atoms with Gasteiger partial charge < -0.3 is 5.73 Å². The molecule has 1 fully saturated rings. The van der Waals surface area contributed by atoms with Crippen LogP contribution in [0, 0.1) is 5.92 Å². The third-order valence-corrected chi connectivity index (χ3v) is 4.06. The third kappa shape index (κ3) is 2.93. The van der Waals surface area contributed by atoms with Gasteiger partial charge in [0.15, 0.2) is 0 Å². The molecule has 2 rings (SSSR count). The fourth-order valence-corrected chi connectivity index (χ4v) is 2.55. The van der Waals surface area contributed by atoms with E-state index in [0.29, 0.717) is 12.5 Å². The highest BCUT2D eigenvalue weighted by Crippen LogP contribution is 2.31. The lowest BCUT2D eigenvalue weighted by atomic mass is 10.3. The number of hydrogen-bond acceptors (Lipinski definition) is 4. The van der Waals surface area contributed by atoms with Gasteiger partial charge in [0.25, 0.3) is 0 Å². The fourth-order valence-electron chi connectivity index (χ4n) is 1.48. The van der Waals surface area contributed by atoms with E-state index in [0.717, 1.165) is 6.42 Å². The van der Waals surface area contributed by atoms with Crippen molar-refractivity contribution in [3.05, 3.63) is 18.3 Å². The minimum absolute atomic E-state index is 0.177. The number of anilines is 1. The number of aromatic nitrogens is 1. The number of nitrogens with zero attached hydrogens (tertiary/aromatic N) is 1. The molecule has 16 heavy (non-hydrogen) atoms. The number of hydrogen-bond donors (Lipinski definition) is 2. The normalized spacial score (nSPS) is 16.2. The Balaban J connectivity index is 1.99. The van der Waals surface area contributed by atoms with Crippen molar-refractivity contribution in [1.29, 1.82) is 0 Å². The zero-order chi connectivity index (χ0) is 11.6. The van der Waals surface area contributed by atoms with E-state index in [1.807, 2.05) is 0 Å². The molecular weight excluding hydrogens is 226 g/mol. The molecule has 0 aliphatic heterocycles. The Bertz CT molecular complexity index is 469. The number of nitrogen functional groups attached to an aromatic ring is 1. The SMILES string of the molecule is Nc1cc(S(=O)(=O)NCCC2CC2)ccn1. The molecule has 0 unspecified atom stereocenters. The largest absolute Gasteiger partial charge is 0.384 e. The summed E-state index contributed by atoms with van der Waals surface area (Å²) in [6, 6.07) is 2.80. The summed E-state index contributed by atoms with van der Waals surface area (Å²) in [4.78, 5) is 3.93. The maximum Gasteiger partial charge on any atom is 0.240 e. The first kappa shape index (κ1) is 11.3. The Morgan fingerprint density at radius 3 is 2.88 bits per heavy atom. The Labute approximate surface area is 95.1 Å². The first-order valence-electron chi connectivity index (χ1n) is 5.29. The molecule has 0 radical (unpaired) electrons. The van der Waals surface area contributed by atoms with E-state index in [1.54, 1.807) is 0 Å². The summed E-state index contributed by atoms with van der Waals surface area (Å²) in [6.45, 7) is 0.495. The van der Waals surface area contributed by atoms with E-state index in [1.165, 1.54) is 31.2 Å². The highest BCUT2D eigenvalue weighted by atomic mass is 32.2. The lowest BCUT2D eigenvalue weighted by molar-refractivity contribution is 0.575. The summed E-state index contributed by atoms with van der Waals surface area (Å²) >= 11 is 0. The Kier molecular flexibility index (Phi) is 3.11. The summed E-state index contributed by atoms with van der Waals surface area (Å²) < 4.78 is 26.1. The fraction of sp³-hybridized carbons (Fsp3) is 0.500. The molecule has 0 atom stereocenters. The van der Waals surface area contributed by atoms with Crippen LogP contribution in [0.25, 0.3) is 0 Å². The predicted molar refractivity (Wildman–Crippen MR) is 61.2 cm³/mol. The molecule has 0 bridgehead atoms. The molecule has 0 amide bonds. The van der Waals surface area contributed by atoms with Crippen LogP contribution in [0.4, 0.5) is 5.82 Å². The van der Waals surface area contributed by atoms with E-state index in [4.69, 9.17) is 5.73 Å². The monoisotopic (exact) mass is 241 g/mol. The van der Waals surface area contributed by atoms with Crippen molar-refractivity contribution in [2.24, 2.45) is 5.92 Å². The molecule has 0 aromatic carbocycles. The number of sulfonamides is 1. The van der Waals surface area contributed by atoms with Gasteiger partial charge in [-0.25, -0.2) is 18.1 Å². The molecule has 1 heterocycles. The minimum atomic E-state index is -3.42. The van der Waals surface area contributed by atoms with Gasteiger partial charge >= 0.3 is 0 Å². The highest BCUT2D eigenvalue weighted by Gasteiger charge is 2.22. The molecular formula is C10H15N3O2S. The zero-order valence-electron chi connectivity index (χ0n) is 8.89. The van der Waals surface area contributed by atoms with Crippen molar-refractivity contribution in [2.75, 3.05) is 12.3 Å². The smallest absolute Gasteiger partial charge is 0.240 e. The lowest BCUT2D eigenvalue weighted by Gasteiger charge is -2.06. The van der Waals surface area contributed by atoms with Crippen molar-refractivity contribution in [2.45, 2.75) is 24.2 Å². The molecule has 6 heteroatoms. The van der Waals surface area contributed by atoms with Crippen LogP contribution in [0.5, 0.6) is 0 Å². The third-order valence-electron chi connectivity index (χ3n) is 2.60. The van der Waals surface area contributed by atoms with Gasteiger partial charge in [-0.2, -0.15) is 0 Å². The van der Waals surface area contributed by atoms with Crippen LogP contribution < -0.4 is 10.5 Å². The molecule has 0 spiro atoms. The first-order valence-corrected chi connectivity index (χ1v) is 6.77. The quantitative estimate of drug-likeness (QED) is 0.796. The standard InChI is InChI=1S/C10H15N3O2S/c11-10-7-9(4-5-12-10)16(14,15)13-6-3-8-1-2-8/h4-5,7-8,13H,1-3,6H2,(H2,11,12). The maximum atomic E-state index is 11.8. The minimum Gasteiger partial charge on any atom is -0.384 e. The van der Waals surface area contributed by atoms with Crippen LogP contribution in [-0.2, 0) is 10.0 Å². The van der Waals surface area contributed by atoms with Gasteiger partial charge in [0.1, 0.15) is 5.82 Å². The van der Waals surface area contributed by atoms with Crippen molar-refractivity contribution in [3.8, 4) is 0 Å². The molecule has 1 aromatic rings. The van der Waals surface area contributed by atoms with E-state index in [2.05, 4.69) is 9.71 Å². The summed E-state index contributed by atoms with van der Waals surface area (Å²) in [5.41, 5.74) is 5.44. The average molecular weight is 241 g/mol. The summed E-state index contributed by atoms with van der Waals surface area (Å²) in [5, 5.41) is 0. The van der Waals surface area contributed by atoms with Gasteiger partial charge in [0.05, 0.1) is 4.90 Å². The van der Waals surface area contributed by atoms with E-state index in [9.17, 15) is 8.42 Å². The summed E-state index contributed by atoms with van der Waals surface area (Å²) in [7, 11) is -3.42. The number of nitrogens with one attached hydrogen (secondary N) is 1. The number of nitrogens with two attached hydrogens (primary N) is 1. The second-order valence-electron chi connectivity index (χ2n) is 4.05. The van der Waals surface area contributed by atoms with E-state index < -0.39 is 10.0 Å². The van der Waals surface area contributed by atoms with Gasteiger partial charge in [0, 0.05) is 18.8 Å². The average Bonchev–Trinajstić information content (AvgIpc) is 3.01. The van der Waals surface area contributed by atoms with Gasteiger partial charge in [-0.15, -0.1) is 0 Å². The van der Waals surface area contributed by atoms with E-state index in [-0.39, 0.29) is 10.7 Å². The lowest BCUT2D eigenvalue weighted by Crippen LogP contribution is -2.25. The summed E-state index contributed by atoms with van der Waals surface area (Å²) in [6.07, 6.45) is 4.76. The second-order valence-corrected chi connectivity index (χ2v) is 5.81. The highest BCUT2D eigenvalue weighted by molar-refractivity contribution is 7.89. The second kappa shape index (κ2) is 4.39. The molecule has 1 aliphatic rings. The van der Waals surface area contributed by atoms with Crippen LogP contribution in [0.1, 0.15) is 19.3 Å². The van der Waals surface area contributed by atoms with Gasteiger partial charge in [-0.1, -0.05) is 12.8 Å². The Hall–Kier alpha value is -1.14. The molecule has 1 saturated carbocycles. The van der Waals surface area contributed by atoms with Crippen molar-refractivity contribution in [3.63, 3.8) is 0 Å². The van der Waals surface area contributed by atoms with Crippen LogP contribution in [0.15, 0.2) is 23.2 Å². The van der Waals surface area contributed by atoms with Gasteiger partial charge in [0.2, 0.25) is 10.0 Å². The Morgan fingerprint density at radius 1 is 1.50 bits per heavy atom. The maximum absolute atomic E-state index is 11.8. The number of pyridine rings is 1. The molecule has 1 aliphatic carbocycles. The zero-order valence-corrected chi connectivity index (χ0v) is 9.70. The molecule has 5 nitrogen and oxygen atoms in total. The van der Waals surface area contributed by atoms with Crippen molar-refractivity contribution < 1.29 is 8.42 Å². The van der Waals surface area contributed by atoms with Crippen molar-refractivity contribution >= 4 is 15.8 Å². The van der Waals surface area contributed by atoms with Crippen LogP contribution in [0.2, 0.25) is 0 Å². The van der Waals surface area contributed by atoms with Crippen LogP contribution >= 0.6 is 0 Å². The van der Waals surface area contributed by atoms with Gasteiger partial charge in [-0.3, -0.25) is 0 Å². The Morgan fingerprint density at radius 2 is 2.25 bits per heavy atom. The van der Waals surface area contributed by atoms with Crippen LogP contribution in [0.3, 0.4) is 0 Å². The molecule has 3 N–H and O–H groups in total. The van der Waals surface area contributed by atoms with Crippen LogP contribution in [-0.4, -0.2) is 19.9 Å². The van der Waals surface area contributed by atoms with Crippen molar-refractivity contribution in [1.82, 2.24) is 9.71 Å². The molecule has 0 saturated heterocycles.